The Balaban J connectivity index is 2.23. The van der Waals surface area contributed by atoms with E-state index in [2.05, 4.69) is 85.0 Å². The van der Waals surface area contributed by atoms with E-state index in [4.69, 9.17) is 0 Å². The van der Waals surface area contributed by atoms with E-state index in [0.29, 0.717) is 0 Å². The third-order valence-electron chi connectivity index (χ3n) is 3.87. The number of anilines is 1. The van der Waals surface area contributed by atoms with Gasteiger partial charge in [0.05, 0.1) is 0 Å². The van der Waals surface area contributed by atoms with Crippen LogP contribution < -0.4 is 5.32 Å². The predicted octanol–water partition coefficient (Wildman–Crippen LogP) is 5.37. The Kier molecular flexibility index (Phi) is 3.74. The minimum atomic E-state index is 1.14. The van der Waals surface area contributed by atoms with Gasteiger partial charge in [0.25, 0.3) is 0 Å². The van der Waals surface area contributed by atoms with Gasteiger partial charge in [0.15, 0.2) is 0 Å². The molecule has 21 heavy (non-hydrogen) atoms. The number of hydrogen-bond acceptors (Lipinski definition) is 1. The minimum Gasteiger partial charge on any atom is -0.388 e. The maximum Gasteiger partial charge on any atom is 0.0350 e. The average molecular weight is 273 g/mol. The van der Waals surface area contributed by atoms with Crippen molar-refractivity contribution in [3.05, 3.63) is 78.4 Å². The lowest BCUT2D eigenvalue weighted by atomic mass is 9.92. The van der Waals surface area contributed by atoms with Crippen LogP contribution in [0.2, 0.25) is 0 Å². The van der Waals surface area contributed by atoms with Gasteiger partial charge in [-0.25, -0.2) is 0 Å². The molecule has 1 N–H and O–H groups in total. The van der Waals surface area contributed by atoms with Crippen molar-refractivity contribution in [2.24, 2.45) is 0 Å². The van der Waals surface area contributed by atoms with Gasteiger partial charge < -0.3 is 5.32 Å². The van der Waals surface area contributed by atoms with Crippen molar-refractivity contribution in [2.75, 3.05) is 12.4 Å². The van der Waals surface area contributed by atoms with Gasteiger partial charge in [-0.05, 0) is 46.9 Å². The lowest BCUT2D eigenvalue weighted by molar-refractivity contribution is 1.42. The molecule has 0 aliphatic heterocycles. The summed E-state index contributed by atoms with van der Waals surface area (Å²) in [6.45, 7) is 2.20. The summed E-state index contributed by atoms with van der Waals surface area (Å²) in [4.78, 5) is 0. The normalized spacial score (nSPS) is 10.4. The zero-order valence-electron chi connectivity index (χ0n) is 12.4. The summed E-state index contributed by atoms with van der Waals surface area (Å²) in [6, 6.07) is 25.5. The van der Waals surface area contributed by atoms with Gasteiger partial charge in [0.1, 0.15) is 0 Å². The molecule has 0 unspecified atom stereocenters. The van der Waals surface area contributed by atoms with Crippen LogP contribution in [0.25, 0.3) is 22.3 Å². The van der Waals surface area contributed by atoms with Crippen LogP contribution in [0.15, 0.2) is 72.8 Å². The van der Waals surface area contributed by atoms with Crippen LogP contribution in [0.3, 0.4) is 0 Å². The molecule has 3 aromatic rings. The molecule has 0 atom stereocenters. The fourth-order valence-corrected chi connectivity index (χ4v) is 2.69. The molecule has 0 bridgehead atoms. The summed E-state index contributed by atoms with van der Waals surface area (Å²) in [7, 11) is 1.97. The molecule has 0 saturated carbocycles. The fourth-order valence-electron chi connectivity index (χ4n) is 2.69. The Morgan fingerprint density at radius 2 is 1.10 bits per heavy atom. The molecule has 0 saturated heterocycles. The van der Waals surface area contributed by atoms with Crippen molar-refractivity contribution in [2.45, 2.75) is 6.92 Å². The van der Waals surface area contributed by atoms with Crippen LogP contribution in [0.4, 0.5) is 5.69 Å². The van der Waals surface area contributed by atoms with Crippen molar-refractivity contribution in [3.63, 3.8) is 0 Å². The Labute approximate surface area is 126 Å². The third-order valence-corrected chi connectivity index (χ3v) is 3.87. The molecule has 1 nitrogen and oxygen atoms in total. The highest BCUT2D eigenvalue weighted by molar-refractivity contribution is 5.82. The highest BCUT2D eigenvalue weighted by Gasteiger charge is 2.10. The van der Waals surface area contributed by atoms with Gasteiger partial charge in [0, 0.05) is 12.7 Å². The Hall–Kier alpha value is -2.54. The maximum absolute atomic E-state index is 3.27. The molecule has 0 fully saturated rings. The molecular weight excluding hydrogens is 254 g/mol. The van der Waals surface area contributed by atoms with Crippen molar-refractivity contribution in [1.29, 1.82) is 0 Å². The van der Waals surface area contributed by atoms with Gasteiger partial charge in [-0.3, -0.25) is 0 Å². The van der Waals surface area contributed by atoms with E-state index in [1.54, 1.807) is 0 Å². The first-order valence-corrected chi connectivity index (χ1v) is 7.23. The van der Waals surface area contributed by atoms with E-state index in [0.717, 1.165) is 5.69 Å². The van der Waals surface area contributed by atoms with Crippen molar-refractivity contribution in [3.8, 4) is 22.3 Å². The SMILES string of the molecule is CNc1cc(-c2ccccc2)c(C)c(-c2ccccc2)c1. The number of hydrogen-bond donors (Lipinski definition) is 1. The Bertz CT molecular complexity index is 670. The summed E-state index contributed by atoms with van der Waals surface area (Å²) < 4.78 is 0. The van der Waals surface area contributed by atoms with Crippen molar-refractivity contribution < 1.29 is 0 Å². The maximum atomic E-state index is 3.27. The lowest BCUT2D eigenvalue weighted by Crippen LogP contribution is -1.94. The molecule has 0 spiro atoms. The van der Waals surface area contributed by atoms with Crippen molar-refractivity contribution in [1.82, 2.24) is 0 Å². The standard InChI is InChI=1S/C20H19N/c1-15-19(16-9-5-3-6-10-16)13-18(21-2)14-20(15)17-11-7-4-8-12-17/h3-14,21H,1-2H3. The first kappa shape index (κ1) is 13.4. The van der Waals surface area contributed by atoms with E-state index >= 15 is 0 Å². The summed E-state index contributed by atoms with van der Waals surface area (Å²) in [5.74, 6) is 0. The van der Waals surface area contributed by atoms with Gasteiger partial charge in [-0.2, -0.15) is 0 Å². The molecule has 0 amide bonds. The summed E-state index contributed by atoms with van der Waals surface area (Å²) in [5, 5.41) is 3.27. The summed E-state index contributed by atoms with van der Waals surface area (Å²) in [6.07, 6.45) is 0. The quantitative estimate of drug-likeness (QED) is 0.676. The zero-order valence-corrected chi connectivity index (χ0v) is 12.4. The summed E-state index contributed by atoms with van der Waals surface area (Å²) in [5.41, 5.74) is 7.51. The molecule has 0 heterocycles. The molecule has 3 aromatic carbocycles. The smallest absolute Gasteiger partial charge is 0.0350 e. The van der Waals surface area contributed by atoms with Gasteiger partial charge in [-0.15, -0.1) is 0 Å². The van der Waals surface area contributed by atoms with Gasteiger partial charge in [0.2, 0.25) is 0 Å². The largest absolute Gasteiger partial charge is 0.388 e. The zero-order chi connectivity index (χ0) is 14.7. The predicted molar refractivity (Wildman–Crippen MR) is 91.6 cm³/mol. The second-order valence-electron chi connectivity index (χ2n) is 5.18. The first-order chi connectivity index (χ1) is 10.3. The summed E-state index contributed by atoms with van der Waals surface area (Å²) >= 11 is 0. The molecule has 0 radical (unpaired) electrons. The molecule has 0 aliphatic rings. The van der Waals surface area contributed by atoms with E-state index in [1.165, 1.54) is 27.8 Å². The molecule has 0 aliphatic carbocycles. The van der Waals surface area contributed by atoms with Crippen LogP contribution in [-0.4, -0.2) is 7.05 Å². The van der Waals surface area contributed by atoms with Crippen LogP contribution >= 0.6 is 0 Å². The molecule has 1 heteroatoms. The number of nitrogens with one attached hydrogen (secondary N) is 1. The Morgan fingerprint density at radius 1 is 0.667 bits per heavy atom. The number of rotatable bonds is 3. The van der Waals surface area contributed by atoms with E-state index in [1.807, 2.05) is 7.05 Å². The topological polar surface area (TPSA) is 12.0 Å². The second kappa shape index (κ2) is 5.84. The minimum absolute atomic E-state index is 1.14. The van der Waals surface area contributed by atoms with Crippen LogP contribution in [0.1, 0.15) is 5.56 Å². The van der Waals surface area contributed by atoms with Crippen LogP contribution in [0, 0.1) is 6.92 Å². The van der Waals surface area contributed by atoms with Crippen LogP contribution in [0.5, 0.6) is 0 Å². The van der Waals surface area contributed by atoms with E-state index < -0.39 is 0 Å². The molecular formula is C20H19N. The van der Waals surface area contributed by atoms with E-state index in [-0.39, 0.29) is 0 Å². The molecule has 104 valence electrons. The third kappa shape index (κ3) is 2.68. The molecule has 0 aromatic heterocycles. The highest BCUT2D eigenvalue weighted by Crippen LogP contribution is 2.34. The number of benzene rings is 3. The van der Waals surface area contributed by atoms with Gasteiger partial charge in [-0.1, -0.05) is 60.7 Å². The second-order valence-corrected chi connectivity index (χ2v) is 5.18. The van der Waals surface area contributed by atoms with Gasteiger partial charge >= 0.3 is 0 Å². The average Bonchev–Trinajstić information content (AvgIpc) is 2.57. The van der Waals surface area contributed by atoms with Crippen LogP contribution in [-0.2, 0) is 0 Å². The monoisotopic (exact) mass is 273 g/mol. The highest BCUT2D eigenvalue weighted by atomic mass is 14.8. The van der Waals surface area contributed by atoms with E-state index in [9.17, 15) is 0 Å². The Morgan fingerprint density at radius 3 is 1.48 bits per heavy atom. The van der Waals surface area contributed by atoms with Crippen molar-refractivity contribution >= 4 is 5.69 Å². The first-order valence-electron chi connectivity index (χ1n) is 7.23. The fraction of sp³-hybridized carbons (Fsp3) is 0.100. The lowest BCUT2D eigenvalue weighted by Gasteiger charge is -2.15. The molecule has 3 rings (SSSR count).